The number of rotatable bonds is 6. The number of nitriles is 1. The van der Waals surface area contributed by atoms with Crippen LogP contribution >= 0.6 is 12.2 Å². The lowest BCUT2D eigenvalue weighted by atomic mass is 9.99. The largest absolute Gasteiger partial charge is 0.490 e. The summed E-state index contributed by atoms with van der Waals surface area (Å²) >= 11 is 5.59. The third-order valence-corrected chi connectivity index (χ3v) is 5.98. The maximum Gasteiger partial charge on any atom is 0.417 e. The molecule has 0 amide bonds. The van der Waals surface area contributed by atoms with E-state index in [2.05, 4.69) is 6.58 Å². The molecule has 2 aromatic carbocycles. The second kappa shape index (κ2) is 9.24. The highest BCUT2D eigenvalue weighted by Crippen LogP contribution is 2.43. The van der Waals surface area contributed by atoms with Crippen molar-refractivity contribution >= 4 is 28.7 Å². The highest BCUT2D eigenvalue weighted by Gasteiger charge is 2.46. The summed E-state index contributed by atoms with van der Waals surface area (Å²) in [5.41, 5.74) is -1.64. The summed E-state index contributed by atoms with van der Waals surface area (Å²) in [5.74, 6) is -0.817. The van der Waals surface area contributed by atoms with Crippen molar-refractivity contribution in [2.45, 2.75) is 32.5 Å². The van der Waals surface area contributed by atoms with Crippen molar-refractivity contribution in [1.82, 2.24) is 0 Å². The van der Waals surface area contributed by atoms with E-state index < -0.39 is 28.7 Å². The van der Waals surface area contributed by atoms with Crippen LogP contribution in [0.25, 0.3) is 0 Å². The Labute approximate surface area is 200 Å². The van der Waals surface area contributed by atoms with Crippen molar-refractivity contribution in [3.63, 3.8) is 0 Å². The Morgan fingerprint density at radius 1 is 1.21 bits per heavy atom. The molecule has 0 aliphatic carbocycles. The third kappa shape index (κ3) is 4.58. The highest BCUT2D eigenvalue weighted by atomic mass is 32.1. The minimum Gasteiger partial charge on any atom is -0.490 e. The molecule has 0 bridgehead atoms. The minimum absolute atomic E-state index is 0.00423. The van der Waals surface area contributed by atoms with E-state index in [9.17, 15) is 17.6 Å². The van der Waals surface area contributed by atoms with E-state index >= 15 is 0 Å². The molecule has 0 aromatic heterocycles. The summed E-state index contributed by atoms with van der Waals surface area (Å²) in [6, 6.07) is 9.11. The van der Waals surface area contributed by atoms with E-state index in [0.717, 1.165) is 12.1 Å². The average molecular weight is 494 g/mol. The molecule has 1 aliphatic rings. The van der Waals surface area contributed by atoms with Crippen LogP contribution in [0, 0.1) is 23.1 Å². The lowest BCUT2D eigenvalue weighted by molar-refractivity contribution is -0.137. The standard InChI is InChI=1S/C24H23F4N3O2S/c1-14(12-32)13-33-21-8-7-18(10-20(21)25)31-22(34)30(15(2)23(31,3)4)17-6-5-16(11-29)19(9-17)24(26,27)28/h5-10,14,32H,2,12-13H2,1,3-4H3. The lowest BCUT2D eigenvalue weighted by Gasteiger charge is -2.31. The Morgan fingerprint density at radius 3 is 2.41 bits per heavy atom. The molecule has 1 unspecified atom stereocenters. The topological polar surface area (TPSA) is 59.7 Å². The summed E-state index contributed by atoms with van der Waals surface area (Å²) in [6.07, 6.45) is -4.73. The van der Waals surface area contributed by atoms with E-state index in [0.29, 0.717) is 11.4 Å². The van der Waals surface area contributed by atoms with Crippen LogP contribution in [-0.4, -0.2) is 29.0 Å². The fourth-order valence-electron chi connectivity index (χ4n) is 3.59. The van der Waals surface area contributed by atoms with Crippen LogP contribution in [0.1, 0.15) is 31.9 Å². The van der Waals surface area contributed by atoms with Crippen LogP contribution in [0.3, 0.4) is 0 Å². The molecule has 1 saturated heterocycles. The van der Waals surface area contributed by atoms with Gasteiger partial charge in [-0.25, -0.2) is 4.39 Å². The number of aliphatic hydroxyl groups excluding tert-OH is 1. The van der Waals surface area contributed by atoms with Gasteiger partial charge in [0.1, 0.15) is 0 Å². The van der Waals surface area contributed by atoms with Gasteiger partial charge in [-0.1, -0.05) is 13.5 Å². The number of hydrogen-bond donors (Lipinski definition) is 1. The molecule has 0 saturated carbocycles. The molecule has 10 heteroatoms. The molecule has 2 aromatic rings. The zero-order valence-corrected chi connectivity index (χ0v) is 19.6. The zero-order valence-electron chi connectivity index (χ0n) is 18.8. The maximum atomic E-state index is 14.8. The number of thiocarbonyl (C=S) groups is 1. The fraction of sp³-hybridized carbons (Fsp3) is 0.333. The lowest BCUT2D eigenvalue weighted by Crippen LogP contribution is -2.41. The number of benzene rings is 2. The van der Waals surface area contributed by atoms with Crippen molar-refractivity contribution in [2.75, 3.05) is 23.0 Å². The molecule has 1 aliphatic heterocycles. The van der Waals surface area contributed by atoms with E-state index in [1.54, 1.807) is 37.8 Å². The fourth-order valence-corrected chi connectivity index (χ4v) is 4.14. The SMILES string of the molecule is C=C1N(c2ccc(C#N)c(C(F)(F)F)c2)C(=S)N(c2ccc(OCC(C)CO)c(F)c2)C1(C)C. The second-order valence-electron chi connectivity index (χ2n) is 8.51. The number of ether oxygens (including phenoxy) is 1. The molecule has 34 heavy (non-hydrogen) atoms. The van der Waals surface area contributed by atoms with Crippen LogP contribution < -0.4 is 14.5 Å². The molecule has 1 fully saturated rings. The molecule has 180 valence electrons. The Morgan fingerprint density at radius 2 is 1.85 bits per heavy atom. The number of nitrogens with zero attached hydrogens (tertiary/aromatic N) is 3. The normalized spacial score (nSPS) is 16.6. The molecular formula is C24H23F4N3O2S. The van der Waals surface area contributed by atoms with Gasteiger partial charge < -0.3 is 14.7 Å². The summed E-state index contributed by atoms with van der Waals surface area (Å²) in [7, 11) is 0. The quantitative estimate of drug-likeness (QED) is 0.416. The first-order chi connectivity index (χ1) is 15.8. The average Bonchev–Trinajstić information content (AvgIpc) is 2.95. The first kappa shape index (κ1) is 25.5. The van der Waals surface area contributed by atoms with Crippen LogP contribution in [-0.2, 0) is 6.18 Å². The summed E-state index contributed by atoms with van der Waals surface area (Å²) in [5, 5.41) is 18.3. The van der Waals surface area contributed by atoms with Crippen molar-refractivity contribution in [2.24, 2.45) is 5.92 Å². The van der Waals surface area contributed by atoms with Crippen LogP contribution in [0.2, 0.25) is 0 Å². The van der Waals surface area contributed by atoms with Gasteiger partial charge in [-0.05, 0) is 56.4 Å². The van der Waals surface area contributed by atoms with E-state index in [1.807, 2.05) is 0 Å². The zero-order chi connectivity index (χ0) is 25.4. The van der Waals surface area contributed by atoms with Crippen molar-refractivity contribution < 1.29 is 27.4 Å². The van der Waals surface area contributed by atoms with Gasteiger partial charge >= 0.3 is 6.18 Å². The van der Waals surface area contributed by atoms with Gasteiger partial charge in [0.25, 0.3) is 0 Å². The third-order valence-electron chi connectivity index (χ3n) is 5.61. The molecule has 1 heterocycles. The number of aliphatic hydroxyl groups is 1. The molecule has 5 nitrogen and oxygen atoms in total. The predicted molar refractivity (Wildman–Crippen MR) is 125 cm³/mol. The predicted octanol–water partition coefficient (Wildman–Crippen LogP) is 5.63. The minimum atomic E-state index is -4.73. The number of halogens is 4. The van der Waals surface area contributed by atoms with Gasteiger partial charge in [0, 0.05) is 35.7 Å². The van der Waals surface area contributed by atoms with E-state index in [4.69, 9.17) is 27.3 Å². The van der Waals surface area contributed by atoms with Crippen LogP contribution in [0.4, 0.5) is 28.9 Å². The molecule has 1 N–H and O–H groups in total. The maximum absolute atomic E-state index is 14.8. The smallest absolute Gasteiger partial charge is 0.417 e. The number of hydrogen-bond acceptors (Lipinski definition) is 4. The highest BCUT2D eigenvalue weighted by molar-refractivity contribution is 7.80. The van der Waals surface area contributed by atoms with Gasteiger partial charge in [-0.15, -0.1) is 0 Å². The Kier molecular flexibility index (Phi) is 6.92. The second-order valence-corrected chi connectivity index (χ2v) is 8.88. The molecular weight excluding hydrogens is 470 g/mol. The molecule has 0 spiro atoms. The first-order valence-corrected chi connectivity index (χ1v) is 10.7. The van der Waals surface area contributed by atoms with E-state index in [-0.39, 0.29) is 35.7 Å². The Balaban J connectivity index is 1.99. The van der Waals surface area contributed by atoms with Crippen molar-refractivity contribution in [3.05, 3.63) is 65.6 Å². The Bertz CT molecular complexity index is 1170. The molecule has 0 radical (unpaired) electrons. The summed E-state index contributed by atoms with van der Waals surface area (Å²) in [6.45, 7) is 9.35. The monoisotopic (exact) mass is 493 g/mol. The first-order valence-electron chi connectivity index (χ1n) is 10.3. The van der Waals surface area contributed by atoms with Crippen molar-refractivity contribution in [3.8, 4) is 11.8 Å². The summed E-state index contributed by atoms with van der Waals surface area (Å²) in [4.78, 5) is 2.98. The number of alkyl halides is 3. The molecule has 1 atom stereocenters. The summed E-state index contributed by atoms with van der Waals surface area (Å²) < 4.78 is 60.7. The van der Waals surface area contributed by atoms with Crippen LogP contribution in [0.15, 0.2) is 48.7 Å². The van der Waals surface area contributed by atoms with Gasteiger partial charge in [0.15, 0.2) is 16.7 Å². The van der Waals surface area contributed by atoms with Crippen molar-refractivity contribution in [1.29, 1.82) is 5.26 Å². The van der Waals surface area contributed by atoms with Crippen LogP contribution in [0.5, 0.6) is 5.75 Å². The number of anilines is 2. The van der Waals surface area contributed by atoms with Gasteiger partial charge in [-0.3, -0.25) is 4.90 Å². The van der Waals surface area contributed by atoms with Gasteiger partial charge in [-0.2, -0.15) is 18.4 Å². The van der Waals surface area contributed by atoms with E-state index in [1.165, 1.54) is 23.1 Å². The molecule has 3 rings (SSSR count). The Hall–Kier alpha value is -3.16. The van der Waals surface area contributed by atoms with Gasteiger partial charge in [0.2, 0.25) is 0 Å². The van der Waals surface area contributed by atoms with Gasteiger partial charge in [0.05, 0.1) is 29.3 Å².